The van der Waals surface area contributed by atoms with E-state index >= 15 is 0 Å². The average Bonchev–Trinajstić information content (AvgIpc) is 2.64. The highest BCUT2D eigenvalue weighted by Gasteiger charge is 2.19. The first-order valence-electron chi connectivity index (χ1n) is 5.46. The third-order valence-corrected chi connectivity index (χ3v) is 2.66. The predicted octanol–water partition coefficient (Wildman–Crippen LogP) is 0.833. The number of nitrogens with one attached hydrogen (secondary N) is 2. The Morgan fingerprint density at radius 2 is 2.06 bits per heavy atom. The molecule has 0 atom stereocenters. The lowest BCUT2D eigenvalue weighted by Gasteiger charge is -2.12. The molecule has 0 saturated heterocycles. The van der Waals surface area contributed by atoms with Crippen LogP contribution in [0.15, 0.2) is 0 Å². The van der Waals surface area contributed by atoms with Crippen molar-refractivity contribution in [1.82, 2.24) is 14.7 Å². The molecule has 0 aliphatic rings. The van der Waals surface area contributed by atoms with E-state index in [1.807, 2.05) is 26.1 Å². The summed E-state index contributed by atoms with van der Waals surface area (Å²) in [5.41, 5.74) is 4.72. The number of rotatable bonds is 4. The topological polar surface area (TPSA) is 110 Å². The molecule has 1 heterocycles. The van der Waals surface area contributed by atoms with E-state index in [2.05, 4.69) is 14.7 Å². The molecule has 4 N–H and O–H groups in total. The molecular formula is C10H17N5O2S. The molecule has 3 amide bonds. The number of carbonyl (C=O) groups excluding carboxylic acids is 2. The van der Waals surface area contributed by atoms with Gasteiger partial charge in [0.2, 0.25) is 11.0 Å². The highest BCUT2D eigenvalue weighted by Crippen LogP contribution is 2.22. The van der Waals surface area contributed by atoms with Crippen molar-refractivity contribution < 1.29 is 9.59 Å². The fourth-order valence-electron chi connectivity index (χ4n) is 1.08. The van der Waals surface area contributed by atoms with Crippen LogP contribution < -0.4 is 16.4 Å². The molecule has 0 spiro atoms. The van der Waals surface area contributed by atoms with Crippen molar-refractivity contribution in [2.24, 2.45) is 5.73 Å². The Bertz CT molecular complexity index is 438. The largest absolute Gasteiger partial charge is 0.360 e. The van der Waals surface area contributed by atoms with E-state index in [1.165, 1.54) is 11.5 Å². The van der Waals surface area contributed by atoms with Gasteiger partial charge >= 0.3 is 6.03 Å². The Balaban J connectivity index is 2.38. The second kappa shape index (κ2) is 5.76. The summed E-state index contributed by atoms with van der Waals surface area (Å²) < 4.78 is 4.23. The number of hydrogen-bond donors (Lipinski definition) is 3. The van der Waals surface area contributed by atoms with Crippen LogP contribution >= 0.6 is 11.5 Å². The molecule has 1 aromatic rings. The van der Waals surface area contributed by atoms with Gasteiger partial charge in [-0.3, -0.25) is 10.1 Å². The molecule has 0 aliphatic carbocycles. The van der Waals surface area contributed by atoms with Crippen LogP contribution in [0.4, 0.5) is 9.93 Å². The zero-order valence-electron chi connectivity index (χ0n) is 10.6. The van der Waals surface area contributed by atoms with Gasteiger partial charge in [-0.2, -0.15) is 4.37 Å². The molecule has 0 unspecified atom stereocenters. The Kier molecular flexibility index (Phi) is 4.60. The summed E-state index contributed by atoms with van der Waals surface area (Å²) in [5, 5.41) is 5.62. The Morgan fingerprint density at radius 1 is 1.39 bits per heavy atom. The first-order valence-corrected chi connectivity index (χ1v) is 6.23. The van der Waals surface area contributed by atoms with Crippen molar-refractivity contribution >= 4 is 28.6 Å². The maximum Gasteiger partial charge on any atom is 0.318 e. The monoisotopic (exact) mass is 271 g/mol. The third kappa shape index (κ3) is 4.66. The number of amides is 3. The molecule has 1 rings (SSSR count). The smallest absolute Gasteiger partial charge is 0.318 e. The fraction of sp³-hybridized carbons (Fsp3) is 0.600. The predicted molar refractivity (Wildman–Crippen MR) is 69.4 cm³/mol. The zero-order chi connectivity index (χ0) is 13.8. The minimum absolute atomic E-state index is 0.0974. The summed E-state index contributed by atoms with van der Waals surface area (Å²) in [4.78, 5) is 25.8. The highest BCUT2D eigenvalue weighted by molar-refractivity contribution is 7.09. The Morgan fingerprint density at radius 3 is 2.56 bits per heavy atom. The van der Waals surface area contributed by atoms with E-state index < -0.39 is 11.9 Å². The second-order valence-electron chi connectivity index (χ2n) is 4.76. The van der Waals surface area contributed by atoms with Crippen molar-refractivity contribution in [3.05, 3.63) is 5.82 Å². The first kappa shape index (κ1) is 14.4. The standard InChI is InChI=1S/C10H17N5O2S/c1-10(2,3)7-14-9(18-15-7)12-5-4-6(16)13-8(11)17/h4-5H2,1-3H3,(H,12,14,15)(H3,11,13,16,17). The summed E-state index contributed by atoms with van der Waals surface area (Å²) in [7, 11) is 0. The van der Waals surface area contributed by atoms with Gasteiger partial charge in [0.05, 0.1) is 0 Å². The van der Waals surface area contributed by atoms with E-state index in [4.69, 9.17) is 5.73 Å². The second-order valence-corrected chi connectivity index (χ2v) is 5.51. The lowest BCUT2D eigenvalue weighted by atomic mass is 9.96. The number of urea groups is 1. The van der Waals surface area contributed by atoms with E-state index in [1.54, 1.807) is 0 Å². The van der Waals surface area contributed by atoms with Gasteiger partial charge in [-0.05, 0) is 0 Å². The molecule has 0 saturated carbocycles. The van der Waals surface area contributed by atoms with Crippen LogP contribution in [-0.4, -0.2) is 27.8 Å². The van der Waals surface area contributed by atoms with Gasteiger partial charge in [-0.1, -0.05) is 20.8 Å². The molecule has 0 fully saturated rings. The van der Waals surface area contributed by atoms with Gasteiger partial charge in [0.25, 0.3) is 0 Å². The minimum Gasteiger partial charge on any atom is -0.360 e. The van der Waals surface area contributed by atoms with Gasteiger partial charge in [0.15, 0.2) is 0 Å². The van der Waals surface area contributed by atoms with Crippen molar-refractivity contribution in [1.29, 1.82) is 0 Å². The number of hydrogen-bond acceptors (Lipinski definition) is 6. The van der Waals surface area contributed by atoms with Crippen LogP contribution in [-0.2, 0) is 10.2 Å². The van der Waals surface area contributed by atoms with Crippen molar-refractivity contribution in [2.45, 2.75) is 32.6 Å². The van der Waals surface area contributed by atoms with Crippen LogP contribution in [0.5, 0.6) is 0 Å². The number of aromatic nitrogens is 2. The van der Waals surface area contributed by atoms with E-state index in [9.17, 15) is 9.59 Å². The summed E-state index contributed by atoms with van der Waals surface area (Å²) in [6, 6.07) is -0.842. The summed E-state index contributed by atoms with van der Waals surface area (Å²) in [6.07, 6.45) is 0.146. The van der Waals surface area contributed by atoms with Crippen molar-refractivity contribution in [3.8, 4) is 0 Å². The van der Waals surface area contributed by atoms with Crippen LogP contribution in [0.2, 0.25) is 0 Å². The van der Waals surface area contributed by atoms with E-state index in [-0.39, 0.29) is 11.8 Å². The van der Waals surface area contributed by atoms with Crippen LogP contribution in [0, 0.1) is 0 Å². The van der Waals surface area contributed by atoms with Gasteiger partial charge in [-0.25, -0.2) is 9.78 Å². The summed E-state index contributed by atoms with van der Waals surface area (Å²) >= 11 is 1.25. The summed E-state index contributed by atoms with van der Waals surface area (Å²) in [5.74, 6) is 0.340. The molecular weight excluding hydrogens is 254 g/mol. The van der Waals surface area contributed by atoms with Gasteiger partial charge in [0.1, 0.15) is 5.82 Å². The van der Waals surface area contributed by atoms with E-state index in [0.29, 0.717) is 11.7 Å². The molecule has 8 heteroatoms. The molecule has 1 aromatic heterocycles. The van der Waals surface area contributed by atoms with Crippen LogP contribution in [0.1, 0.15) is 33.0 Å². The molecule has 0 bridgehead atoms. The van der Waals surface area contributed by atoms with Crippen LogP contribution in [0.25, 0.3) is 0 Å². The normalized spacial score (nSPS) is 11.1. The molecule has 18 heavy (non-hydrogen) atoms. The van der Waals surface area contributed by atoms with E-state index in [0.717, 1.165) is 5.82 Å². The molecule has 7 nitrogen and oxygen atoms in total. The van der Waals surface area contributed by atoms with Crippen molar-refractivity contribution in [2.75, 3.05) is 11.9 Å². The average molecular weight is 271 g/mol. The van der Waals surface area contributed by atoms with Gasteiger partial charge in [-0.15, -0.1) is 0 Å². The molecule has 0 aliphatic heterocycles. The fourth-order valence-corrected chi connectivity index (χ4v) is 1.86. The van der Waals surface area contributed by atoms with Gasteiger partial charge < -0.3 is 11.1 Å². The minimum atomic E-state index is -0.842. The number of carbonyl (C=O) groups is 2. The molecule has 100 valence electrons. The molecule has 0 aromatic carbocycles. The lowest BCUT2D eigenvalue weighted by Crippen LogP contribution is -2.35. The SMILES string of the molecule is CC(C)(C)c1nsc(NCCC(=O)NC(N)=O)n1. The maximum absolute atomic E-state index is 11.1. The number of nitrogens with two attached hydrogens (primary N) is 1. The quantitative estimate of drug-likeness (QED) is 0.751. The number of anilines is 1. The highest BCUT2D eigenvalue weighted by atomic mass is 32.1. The Labute approximate surface area is 109 Å². The molecule has 0 radical (unpaired) electrons. The maximum atomic E-state index is 11.1. The number of primary amides is 1. The van der Waals surface area contributed by atoms with Crippen molar-refractivity contribution in [3.63, 3.8) is 0 Å². The first-order chi connectivity index (χ1) is 8.29. The van der Waals surface area contributed by atoms with Gasteiger partial charge in [0, 0.05) is 29.9 Å². The number of imide groups is 1. The summed E-state index contributed by atoms with van der Waals surface area (Å²) in [6.45, 7) is 6.45. The zero-order valence-corrected chi connectivity index (χ0v) is 11.4. The van der Waals surface area contributed by atoms with Crippen LogP contribution in [0.3, 0.4) is 0 Å². The lowest BCUT2D eigenvalue weighted by molar-refractivity contribution is -0.119. The Hall–Kier alpha value is -1.70. The number of nitrogens with zero attached hydrogens (tertiary/aromatic N) is 2. The third-order valence-electron chi connectivity index (χ3n) is 1.99.